The first-order valence-electron chi connectivity index (χ1n) is 6.85. The van der Waals surface area contributed by atoms with Gasteiger partial charge >= 0.3 is 0 Å². The molecule has 4 heteroatoms. The van der Waals surface area contributed by atoms with E-state index in [0.29, 0.717) is 13.2 Å². The molecule has 104 valence electrons. The number of hydrogen-bond acceptors (Lipinski definition) is 3. The van der Waals surface area contributed by atoms with Crippen LogP contribution in [0.3, 0.4) is 0 Å². The molecule has 0 aromatic heterocycles. The predicted molar refractivity (Wildman–Crippen MR) is 78.0 cm³/mol. The lowest BCUT2D eigenvalue weighted by Gasteiger charge is -2.22. The summed E-state index contributed by atoms with van der Waals surface area (Å²) in [5.41, 5.74) is 0.798. The highest BCUT2D eigenvalue weighted by molar-refractivity contribution is 6.80. The van der Waals surface area contributed by atoms with Gasteiger partial charge < -0.3 is 13.9 Å². The van der Waals surface area contributed by atoms with Crippen LogP contribution in [-0.2, 0) is 13.9 Å². The molecule has 0 bridgehead atoms. The maximum atomic E-state index is 5.70. The minimum Gasteiger partial charge on any atom is -0.409 e. The highest BCUT2D eigenvalue weighted by Crippen LogP contribution is 2.21. The highest BCUT2D eigenvalue weighted by Gasteiger charge is 2.30. The first-order valence-corrected chi connectivity index (χ1v) is 9.76. The Balaban J connectivity index is 1.78. The maximum absolute atomic E-state index is 5.70. The molecule has 19 heavy (non-hydrogen) atoms. The lowest BCUT2D eigenvalue weighted by atomic mass is 10.2. The van der Waals surface area contributed by atoms with Crippen LogP contribution in [0.2, 0.25) is 13.1 Å². The zero-order valence-electron chi connectivity index (χ0n) is 11.8. The van der Waals surface area contributed by atoms with Crippen LogP contribution in [0.1, 0.15) is 19.3 Å². The van der Waals surface area contributed by atoms with E-state index in [1.165, 1.54) is 6.42 Å². The molecule has 3 nitrogen and oxygen atoms in total. The molecule has 2 aliphatic heterocycles. The monoisotopic (exact) mass is 278 g/mol. The van der Waals surface area contributed by atoms with Crippen LogP contribution in [0.5, 0.6) is 0 Å². The van der Waals surface area contributed by atoms with Crippen LogP contribution in [0.25, 0.3) is 0 Å². The first kappa shape index (κ1) is 14.5. The second-order valence-electron chi connectivity index (χ2n) is 5.40. The summed E-state index contributed by atoms with van der Waals surface area (Å²) in [6, 6.07) is 0. The molecule has 0 amide bonds. The predicted octanol–water partition coefficient (Wildman–Crippen LogP) is 2.79. The van der Waals surface area contributed by atoms with E-state index in [9.17, 15) is 0 Å². The van der Waals surface area contributed by atoms with Crippen LogP contribution < -0.4 is 0 Å². The summed E-state index contributed by atoms with van der Waals surface area (Å²) >= 11 is 0. The van der Waals surface area contributed by atoms with Crippen molar-refractivity contribution in [2.45, 2.75) is 38.6 Å². The van der Waals surface area contributed by atoms with E-state index in [1.807, 2.05) is 0 Å². The minimum absolute atomic E-state index is 0.0767. The van der Waals surface area contributed by atoms with Gasteiger partial charge in [0, 0.05) is 17.4 Å². The molecule has 0 N–H and O–H groups in total. The molecular formula is C15H22O3Si. The van der Waals surface area contributed by atoms with Gasteiger partial charge in [-0.2, -0.15) is 0 Å². The Morgan fingerprint density at radius 3 is 3.00 bits per heavy atom. The van der Waals surface area contributed by atoms with Crippen molar-refractivity contribution in [1.82, 2.24) is 0 Å². The zero-order chi connectivity index (χ0) is 13.7. The van der Waals surface area contributed by atoms with Gasteiger partial charge in [0.15, 0.2) is 6.29 Å². The maximum Gasteiger partial charge on any atom is 0.226 e. The van der Waals surface area contributed by atoms with Gasteiger partial charge in [0.05, 0.1) is 13.2 Å². The van der Waals surface area contributed by atoms with E-state index in [0.717, 1.165) is 30.2 Å². The minimum atomic E-state index is -1.71. The molecule has 0 aromatic rings. The molecule has 1 unspecified atom stereocenters. The highest BCUT2D eigenvalue weighted by atomic mass is 28.4. The van der Waals surface area contributed by atoms with Crippen LogP contribution in [-0.4, -0.2) is 34.4 Å². The van der Waals surface area contributed by atoms with Gasteiger partial charge in [-0.15, -0.1) is 0 Å². The fourth-order valence-corrected chi connectivity index (χ4v) is 3.68. The standard InChI is InChI=1S/C15H22O3Si/c1-13(12-17-15-6-4-5-10-16-15)7-8-14-9-11-18-19(14,2)3/h9,15H,1,4-6,10-12H2,2-3H3. The summed E-state index contributed by atoms with van der Waals surface area (Å²) in [7, 11) is -1.71. The summed E-state index contributed by atoms with van der Waals surface area (Å²) in [6.45, 7) is 10.2. The van der Waals surface area contributed by atoms with Crippen molar-refractivity contribution >= 4 is 8.32 Å². The number of allylic oxidation sites excluding steroid dienone is 1. The normalized spacial score (nSPS) is 25.4. The van der Waals surface area contributed by atoms with Gasteiger partial charge in [-0.05, 0) is 32.4 Å². The van der Waals surface area contributed by atoms with E-state index in [2.05, 4.69) is 37.6 Å². The Kier molecular flexibility index (Phi) is 5.00. The summed E-state index contributed by atoms with van der Waals surface area (Å²) in [4.78, 5) is 0. The van der Waals surface area contributed by atoms with Crippen molar-refractivity contribution in [2.24, 2.45) is 0 Å². The molecule has 0 spiro atoms. The average molecular weight is 278 g/mol. The third-order valence-electron chi connectivity index (χ3n) is 3.34. The van der Waals surface area contributed by atoms with Gasteiger partial charge in [-0.1, -0.05) is 24.5 Å². The summed E-state index contributed by atoms with van der Waals surface area (Å²) < 4.78 is 16.9. The molecular weight excluding hydrogens is 256 g/mol. The summed E-state index contributed by atoms with van der Waals surface area (Å²) in [5, 5.41) is 1.16. The van der Waals surface area contributed by atoms with Crippen LogP contribution in [0.15, 0.2) is 23.4 Å². The molecule has 0 radical (unpaired) electrons. The molecule has 1 fully saturated rings. The van der Waals surface area contributed by atoms with E-state index in [-0.39, 0.29) is 6.29 Å². The summed E-state index contributed by atoms with van der Waals surface area (Å²) in [6.07, 6.45) is 5.28. The van der Waals surface area contributed by atoms with E-state index >= 15 is 0 Å². The molecule has 1 saturated heterocycles. The van der Waals surface area contributed by atoms with Gasteiger partial charge in [-0.3, -0.25) is 0 Å². The Bertz CT molecular complexity index is 422. The van der Waals surface area contributed by atoms with Crippen LogP contribution in [0.4, 0.5) is 0 Å². The fourth-order valence-electron chi connectivity index (χ4n) is 2.09. The topological polar surface area (TPSA) is 27.7 Å². The molecule has 0 aliphatic carbocycles. The summed E-state index contributed by atoms with van der Waals surface area (Å²) in [5.74, 6) is 6.27. The Hall–Kier alpha value is -0.863. The second kappa shape index (κ2) is 6.53. The molecule has 0 aromatic carbocycles. The average Bonchev–Trinajstić information content (AvgIpc) is 2.74. The van der Waals surface area contributed by atoms with E-state index in [1.54, 1.807) is 0 Å². The number of ether oxygens (including phenoxy) is 2. The number of hydrogen-bond donors (Lipinski definition) is 0. The fraction of sp³-hybridized carbons (Fsp3) is 0.600. The third kappa shape index (κ3) is 4.32. The van der Waals surface area contributed by atoms with Gasteiger partial charge in [0.1, 0.15) is 0 Å². The van der Waals surface area contributed by atoms with E-state index < -0.39 is 8.32 Å². The second-order valence-corrected chi connectivity index (χ2v) is 9.25. The van der Waals surface area contributed by atoms with Crippen molar-refractivity contribution in [1.29, 1.82) is 0 Å². The van der Waals surface area contributed by atoms with Crippen molar-refractivity contribution < 1.29 is 13.9 Å². The van der Waals surface area contributed by atoms with Crippen molar-refractivity contribution in [3.8, 4) is 11.8 Å². The Labute approximate surface area is 116 Å². The van der Waals surface area contributed by atoms with Gasteiger partial charge in [0.2, 0.25) is 8.32 Å². The van der Waals surface area contributed by atoms with Gasteiger partial charge in [-0.25, -0.2) is 0 Å². The van der Waals surface area contributed by atoms with Crippen LogP contribution >= 0.6 is 0 Å². The van der Waals surface area contributed by atoms with Crippen molar-refractivity contribution in [2.75, 3.05) is 19.8 Å². The molecule has 2 aliphatic rings. The van der Waals surface area contributed by atoms with Gasteiger partial charge in [0.25, 0.3) is 0 Å². The third-order valence-corrected chi connectivity index (χ3v) is 5.85. The Morgan fingerprint density at radius 1 is 1.53 bits per heavy atom. The smallest absolute Gasteiger partial charge is 0.226 e. The zero-order valence-corrected chi connectivity index (χ0v) is 12.8. The quantitative estimate of drug-likeness (QED) is 0.587. The molecule has 1 atom stereocenters. The van der Waals surface area contributed by atoms with E-state index in [4.69, 9.17) is 13.9 Å². The number of rotatable bonds is 3. The van der Waals surface area contributed by atoms with Crippen molar-refractivity contribution in [3.63, 3.8) is 0 Å². The molecule has 2 heterocycles. The lowest BCUT2D eigenvalue weighted by molar-refractivity contribution is -0.156. The van der Waals surface area contributed by atoms with Crippen molar-refractivity contribution in [3.05, 3.63) is 23.4 Å². The first-order chi connectivity index (χ1) is 9.08. The lowest BCUT2D eigenvalue weighted by Crippen LogP contribution is -2.28. The Morgan fingerprint density at radius 2 is 2.37 bits per heavy atom. The SMILES string of the molecule is C=C(C#CC1=CCO[Si]1(C)C)COC1CCCCO1. The van der Waals surface area contributed by atoms with Crippen LogP contribution in [0, 0.1) is 11.8 Å². The molecule has 2 rings (SSSR count). The largest absolute Gasteiger partial charge is 0.409 e. The molecule has 0 saturated carbocycles.